The summed E-state index contributed by atoms with van der Waals surface area (Å²) in [6.07, 6.45) is 6.61. The van der Waals surface area contributed by atoms with Crippen LogP contribution in [0, 0.1) is 11.8 Å². The molecule has 0 aliphatic heterocycles. The van der Waals surface area contributed by atoms with E-state index >= 15 is 0 Å². The van der Waals surface area contributed by atoms with Crippen LogP contribution in [0.15, 0.2) is 72.6 Å². The fraction of sp³-hybridized carbons (Fsp3) is 0.333. The maximum absolute atomic E-state index is 12.0. The van der Waals surface area contributed by atoms with Crippen LogP contribution in [0.25, 0.3) is 0 Å². The van der Waals surface area contributed by atoms with Crippen molar-refractivity contribution in [3.8, 4) is 0 Å². The molecule has 0 saturated heterocycles. The van der Waals surface area contributed by atoms with Crippen molar-refractivity contribution in [1.82, 2.24) is 0 Å². The molecule has 0 unspecified atom stereocenters. The summed E-state index contributed by atoms with van der Waals surface area (Å²) in [7, 11) is 0. The molecule has 0 bridgehead atoms. The number of rotatable bonds is 6. The highest BCUT2D eigenvalue weighted by Crippen LogP contribution is 2.10. The molecule has 0 fully saturated rings. The van der Waals surface area contributed by atoms with E-state index in [1.165, 1.54) is 6.08 Å². The van der Waals surface area contributed by atoms with E-state index in [-0.39, 0.29) is 0 Å². The first-order valence-corrected chi connectivity index (χ1v) is 6.88. The fourth-order valence-electron chi connectivity index (χ4n) is 0.780. The lowest BCUT2D eigenvalue weighted by Gasteiger charge is -2.01. The van der Waals surface area contributed by atoms with Gasteiger partial charge in [0.2, 0.25) is 0 Å². The predicted octanol–water partition coefficient (Wildman–Crippen LogP) is 6.75. The van der Waals surface area contributed by atoms with Crippen molar-refractivity contribution >= 4 is 11.6 Å². The molecule has 2 heteroatoms. The highest BCUT2D eigenvalue weighted by molar-refractivity contribution is 6.30. The second kappa shape index (κ2) is 11.5. The monoisotopic (exact) mass is 296 g/mol. The molecule has 0 amide bonds. The molecule has 0 rings (SSSR count). The van der Waals surface area contributed by atoms with Gasteiger partial charge in [-0.3, -0.25) is 0 Å². The number of halogens is 2. The molecule has 0 aliphatic rings. The highest BCUT2D eigenvalue weighted by atomic mass is 35.5. The van der Waals surface area contributed by atoms with Gasteiger partial charge in [-0.25, -0.2) is 4.39 Å². The zero-order chi connectivity index (χ0) is 16.3. The Kier molecular flexibility index (Phi) is 12.0. The van der Waals surface area contributed by atoms with Crippen LogP contribution in [0.1, 0.15) is 27.7 Å². The molecule has 0 saturated carbocycles. The molecule has 0 aromatic carbocycles. The molecular formula is C18H26ClF. The van der Waals surface area contributed by atoms with Crippen LogP contribution >= 0.6 is 11.6 Å². The van der Waals surface area contributed by atoms with Crippen LogP contribution in [0.5, 0.6) is 0 Å². The van der Waals surface area contributed by atoms with E-state index < -0.39 is 5.83 Å². The molecule has 0 spiro atoms. The first-order valence-electron chi connectivity index (χ1n) is 6.50. The third-order valence-electron chi connectivity index (χ3n) is 2.44. The van der Waals surface area contributed by atoms with Crippen LogP contribution < -0.4 is 0 Å². The van der Waals surface area contributed by atoms with Crippen LogP contribution in [0.2, 0.25) is 0 Å². The SMILES string of the molecule is C=C(Cl)/C=C\C(=C)C(C)C.C=C(F)/C=C\C(=C)C(C)C. The average Bonchev–Trinajstić information content (AvgIpc) is 2.33. The van der Waals surface area contributed by atoms with Gasteiger partial charge in [0, 0.05) is 5.03 Å². The summed E-state index contributed by atoms with van der Waals surface area (Å²) < 4.78 is 12.0. The van der Waals surface area contributed by atoms with E-state index in [1.807, 2.05) is 19.9 Å². The Morgan fingerprint density at radius 2 is 1.15 bits per heavy atom. The van der Waals surface area contributed by atoms with E-state index in [0.29, 0.717) is 16.9 Å². The molecule has 20 heavy (non-hydrogen) atoms. The molecule has 0 nitrogen and oxygen atoms in total. The first kappa shape index (κ1) is 21.0. The highest BCUT2D eigenvalue weighted by Gasteiger charge is 1.94. The van der Waals surface area contributed by atoms with Crippen molar-refractivity contribution in [2.45, 2.75) is 27.7 Å². The molecule has 0 aromatic heterocycles. The minimum absolute atomic E-state index is 0.371. The predicted molar refractivity (Wildman–Crippen MR) is 91.5 cm³/mol. The Bertz CT molecular complexity index is 369. The Hall–Kier alpha value is -1.34. The first-order chi connectivity index (χ1) is 9.07. The summed E-state index contributed by atoms with van der Waals surface area (Å²) in [5.41, 5.74) is 1.99. The van der Waals surface area contributed by atoms with Crippen LogP contribution in [-0.2, 0) is 0 Å². The summed E-state index contributed by atoms with van der Waals surface area (Å²) in [5, 5.41) is 0.543. The smallest absolute Gasteiger partial charge is 0.116 e. The maximum atomic E-state index is 12.0. The van der Waals surface area contributed by atoms with E-state index in [0.717, 1.165) is 11.1 Å². The van der Waals surface area contributed by atoms with Gasteiger partial charge in [-0.05, 0) is 24.0 Å². The second-order valence-electron chi connectivity index (χ2n) is 5.02. The molecule has 0 N–H and O–H groups in total. The quantitative estimate of drug-likeness (QED) is 0.476. The molecule has 0 atom stereocenters. The molecule has 0 heterocycles. The molecule has 0 aliphatic carbocycles. The van der Waals surface area contributed by atoms with Gasteiger partial charge in [-0.2, -0.15) is 0 Å². The van der Waals surface area contributed by atoms with Crippen molar-refractivity contribution in [3.05, 3.63) is 72.6 Å². The minimum Gasteiger partial charge on any atom is -0.208 e. The molecule has 112 valence electrons. The normalized spacial score (nSPS) is 10.8. The number of hydrogen-bond acceptors (Lipinski definition) is 0. The number of allylic oxidation sites excluding steroid dienone is 8. The third-order valence-corrected chi connectivity index (χ3v) is 2.57. The van der Waals surface area contributed by atoms with E-state index in [4.69, 9.17) is 11.6 Å². The third kappa shape index (κ3) is 14.7. The Balaban J connectivity index is 0. The van der Waals surface area contributed by atoms with Gasteiger partial charge in [-0.1, -0.05) is 88.9 Å². The lowest BCUT2D eigenvalue weighted by atomic mass is 10.1. The standard InChI is InChI=1S/C9H13Cl.C9H13F/c2*1-7(2)8(3)5-6-9(4)10/h2*5-7H,3-4H2,1-2H3/b2*6-5-. The Morgan fingerprint density at radius 3 is 1.40 bits per heavy atom. The van der Waals surface area contributed by atoms with Gasteiger partial charge >= 0.3 is 0 Å². The lowest BCUT2D eigenvalue weighted by molar-refractivity contribution is 0.670. The van der Waals surface area contributed by atoms with Crippen molar-refractivity contribution in [3.63, 3.8) is 0 Å². The number of hydrogen-bond donors (Lipinski definition) is 0. The zero-order valence-corrected chi connectivity index (χ0v) is 13.8. The van der Waals surface area contributed by atoms with Crippen molar-refractivity contribution < 1.29 is 4.39 Å². The summed E-state index contributed by atoms with van der Waals surface area (Å²) in [4.78, 5) is 0. The minimum atomic E-state index is -0.429. The summed E-state index contributed by atoms with van der Waals surface area (Å²) >= 11 is 5.50. The molecule has 0 radical (unpaired) electrons. The van der Waals surface area contributed by atoms with Gasteiger partial charge in [-0.15, -0.1) is 0 Å². The summed E-state index contributed by atoms with van der Waals surface area (Å²) in [6, 6.07) is 0. The van der Waals surface area contributed by atoms with Gasteiger partial charge in [0.1, 0.15) is 5.83 Å². The van der Waals surface area contributed by atoms with Crippen molar-refractivity contribution in [2.75, 3.05) is 0 Å². The topological polar surface area (TPSA) is 0 Å². The second-order valence-corrected chi connectivity index (χ2v) is 5.51. The van der Waals surface area contributed by atoms with Gasteiger partial charge in [0.05, 0.1) is 0 Å². The summed E-state index contributed by atoms with van der Waals surface area (Å²) in [6.45, 7) is 22.4. The van der Waals surface area contributed by atoms with E-state index in [2.05, 4.69) is 40.2 Å². The fourth-order valence-corrected chi connectivity index (χ4v) is 0.843. The van der Waals surface area contributed by atoms with Crippen LogP contribution in [-0.4, -0.2) is 0 Å². The molecule has 0 aromatic rings. The van der Waals surface area contributed by atoms with E-state index in [9.17, 15) is 4.39 Å². The van der Waals surface area contributed by atoms with Crippen LogP contribution in [0.4, 0.5) is 4.39 Å². The van der Waals surface area contributed by atoms with E-state index in [1.54, 1.807) is 12.2 Å². The zero-order valence-electron chi connectivity index (χ0n) is 13.0. The van der Waals surface area contributed by atoms with Crippen LogP contribution in [0.3, 0.4) is 0 Å². The van der Waals surface area contributed by atoms with Gasteiger partial charge in [0.15, 0.2) is 0 Å². The Labute approximate surface area is 128 Å². The van der Waals surface area contributed by atoms with Crippen molar-refractivity contribution in [1.29, 1.82) is 0 Å². The van der Waals surface area contributed by atoms with Crippen molar-refractivity contribution in [2.24, 2.45) is 11.8 Å². The average molecular weight is 297 g/mol. The molecular weight excluding hydrogens is 271 g/mol. The van der Waals surface area contributed by atoms with Gasteiger partial charge < -0.3 is 0 Å². The largest absolute Gasteiger partial charge is 0.208 e. The Morgan fingerprint density at radius 1 is 0.800 bits per heavy atom. The summed E-state index contributed by atoms with van der Waals surface area (Å²) in [5.74, 6) is 0.421. The van der Waals surface area contributed by atoms with Gasteiger partial charge in [0.25, 0.3) is 0 Å². The lowest BCUT2D eigenvalue weighted by Crippen LogP contribution is -1.86. The maximum Gasteiger partial charge on any atom is 0.116 e.